The third-order valence-corrected chi connectivity index (χ3v) is 5.57. The van der Waals surface area contributed by atoms with Gasteiger partial charge in [-0.2, -0.15) is 5.10 Å². The average molecular weight is 369 g/mol. The number of nitrogens with zero attached hydrogens (tertiary/aromatic N) is 2. The Bertz CT molecular complexity index is 938. The standard InChI is InChI=1S/C19H19N3O3S/c1-11-14-10-15(26-18(14)22(2)21-11)19(24)25-16(12-6-4-3-5-7-12)17(23)20-13-8-9-13/h3-7,10,13,16H,8-9H2,1-2H3,(H,20,23)/t16-/m1/s1. The number of fused-ring (bicyclic) bond motifs is 1. The second-order valence-corrected chi connectivity index (χ2v) is 7.55. The third kappa shape index (κ3) is 3.22. The molecule has 2 aromatic heterocycles. The first kappa shape index (κ1) is 16.8. The zero-order valence-corrected chi connectivity index (χ0v) is 15.4. The highest BCUT2D eigenvalue weighted by Crippen LogP contribution is 2.30. The lowest BCUT2D eigenvalue weighted by Gasteiger charge is -2.17. The fraction of sp³-hybridized carbons (Fsp3) is 0.316. The molecule has 6 nitrogen and oxygen atoms in total. The Labute approximate surface area is 154 Å². The van der Waals surface area contributed by atoms with Crippen LogP contribution in [0.4, 0.5) is 0 Å². The molecule has 0 spiro atoms. The van der Waals surface area contributed by atoms with Gasteiger partial charge in [-0.25, -0.2) is 4.79 Å². The van der Waals surface area contributed by atoms with Crippen molar-refractivity contribution >= 4 is 33.4 Å². The van der Waals surface area contributed by atoms with E-state index in [1.54, 1.807) is 22.9 Å². The molecule has 0 radical (unpaired) electrons. The number of hydrogen-bond acceptors (Lipinski definition) is 5. The summed E-state index contributed by atoms with van der Waals surface area (Å²) in [6.07, 6.45) is 1.00. The Morgan fingerprint density at radius 3 is 2.69 bits per heavy atom. The maximum atomic E-state index is 12.7. The summed E-state index contributed by atoms with van der Waals surface area (Å²) in [6.45, 7) is 1.90. The molecule has 1 N–H and O–H groups in total. The topological polar surface area (TPSA) is 73.2 Å². The molecule has 1 atom stereocenters. The van der Waals surface area contributed by atoms with Gasteiger partial charge in [0.15, 0.2) is 0 Å². The molecule has 1 amide bonds. The van der Waals surface area contributed by atoms with Crippen LogP contribution >= 0.6 is 11.3 Å². The number of amides is 1. The molecule has 0 saturated heterocycles. The molecule has 134 valence electrons. The summed E-state index contributed by atoms with van der Waals surface area (Å²) in [5, 5.41) is 8.19. The van der Waals surface area contributed by atoms with E-state index in [0.717, 1.165) is 28.8 Å². The predicted octanol–water partition coefficient (Wildman–Crippen LogP) is 3.12. The van der Waals surface area contributed by atoms with E-state index >= 15 is 0 Å². The van der Waals surface area contributed by atoms with Crippen LogP contribution in [0.1, 0.15) is 39.9 Å². The maximum absolute atomic E-state index is 12.7. The third-order valence-electron chi connectivity index (χ3n) is 4.39. The van der Waals surface area contributed by atoms with Gasteiger partial charge in [0.05, 0.1) is 5.69 Å². The lowest BCUT2D eigenvalue weighted by atomic mass is 10.1. The smallest absolute Gasteiger partial charge is 0.349 e. The monoisotopic (exact) mass is 369 g/mol. The minimum atomic E-state index is -0.950. The van der Waals surface area contributed by atoms with E-state index in [4.69, 9.17) is 4.74 Å². The molecule has 0 aliphatic heterocycles. The Balaban J connectivity index is 1.60. The Morgan fingerprint density at radius 2 is 2.04 bits per heavy atom. The zero-order chi connectivity index (χ0) is 18.3. The first-order valence-electron chi connectivity index (χ1n) is 8.52. The summed E-state index contributed by atoms with van der Waals surface area (Å²) in [5.41, 5.74) is 1.53. The van der Waals surface area contributed by atoms with Crippen molar-refractivity contribution in [2.24, 2.45) is 7.05 Å². The molecular weight excluding hydrogens is 350 g/mol. The second-order valence-electron chi connectivity index (χ2n) is 6.52. The van der Waals surface area contributed by atoms with Crippen LogP contribution in [0.3, 0.4) is 0 Å². The van der Waals surface area contributed by atoms with Crippen LogP contribution in [0.25, 0.3) is 10.2 Å². The Kier molecular flexibility index (Phi) is 4.24. The fourth-order valence-electron chi connectivity index (χ4n) is 2.88. The van der Waals surface area contributed by atoms with Gasteiger partial charge in [0.25, 0.3) is 5.91 Å². The quantitative estimate of drug-likeness (QED) is 0.702. The number of carbonyl (C=O) groups excluding carboxylic acids is 2. The molecule has 7 heteroatoms. The minimum Gasteiger partial charge on any atom is -0.443 e. The van der Waals surface area contributed by atoms with E-state index in [1.165, 1.54) is 11.3 Å². The number of hydrogen-bond donors (Lipinski definition) is 1. The number of rotatable bonds is 5. The van der Waals surface area contributed by atoms with Gasteiger partial charge in [-0.15, -0.1) is 11.3 Å². The van der Waals surface area contributed by atoms with Crippen molar-refractivity contribution in [3.8, 4) is 0 Å². The van der Waals surface area contributed by atoms with Crippen LogP contribution in [0.5, 0.6) is 0 Å². The number of aryl methyl sites for hydroxylation is 2. The molecule has 3 aromatic rings. The van der Waals surface area contributed by atoms with Crippen LogP contribution in [-0.4, -0.2) is 27.7 Å². The maximum Gasteiger partial charge on any atom is 0.349 e. The van der Waals surface area contributed by atoms with Gasteiger partial charge in [0.1, 0.15) is 9.71 Å². The SMILES string of the molecule is Cc1nn(C)c2sc(C(=O)O[C@@H](C(=O)NC3CC3)c3ccccc3)cc12. The zero-order valence-electron chi connectivity index (χ0n) is 14.6. The van der Waals surface area contributed by atoms with Gasteiger partial charge in [-0.3, -0.25) is 9.48 Å². The lowest BCUT2D eigenvalue weighted by molar-refractivity contribution is -0.130. The Hall–Kier alpha value is -2.67. The first-order chi connectivity index (χ1) is 12.5. The number of aromatic nitrogens is 2. The van der Waals surface area contributed by atoms with E-state index in [9.17, 15) is 9.59 Å². The summed E-state index contributed by atoms with van der Waals surface area (Å²) >= 11 is 1.32. The van der Waals surface area contributed by atoms with Crippen LogP contribution in [0.2, 0.25) is 0 Å². The molecule has 1 aromatic carbocycles. The van der Waals surface area contributed by atoms with Gasteiger partial charge in [-0.1, -0.05) is 30.3 Å². The van der Waals surface area contributed by atoms with E-state index in [0.29, 0.717) is 10.4 Å². The van der Waals surface area contributed by atoms with Crippen LogP contribution in [0, 0.1) is 6.92 Å². The number of ether oxygens (including phenoxy) is 1. The number of carbonyl (C=O) groups is 2. The van der Waals surface area contributed by atoms with E-state index < -0.39 is 12.1 Å². The highest BCUT2D eigenvalue weighted by Gasteiger charge is 2.31. The summed E-state index contributed by atoms with van der Waals surface area (Å²) in [6, 6.07) is 11.1. The number of esters is 1. The highest BCUT2D eigenvalue weighted by atomic mass is 32.1. The summed E-state index contributed by atoms with van der Waals surface area (Å²) in [7, 11) is 1.84. The van der Waals surface area contributed by atoms with Crippen LogP contribution in [-0.2, 0) is 16.6 Å². The molecule has 1 saturated carbocycles. The highest BCUT2D eigenvalue weighted by molar-refractivity contribution is 7.20. The molecule has 0 unspecified atom stereocenters. The second kappa shape index (κ2) is 6.57. The van der Waals surface area contributed by atoms with E-state index in [-0.39, 0.29) is 11.9 Å². The molecule has 1 fully saturated rings. The van der Waals surface area contributed by atoms with Gasteiger partial charge < -0.3 is 10.1 Å². The molecule has 1 aliphatic rings. The van der Waals surface area contributed by atoms with Crippen molar-refractivity contribution < 1.29 is 14.3 Å². The fourth-order valence-corrected chi connectivity index (χ4v) is 3.88. The molecule has 0 bridgehead atoms. The lowest BCUT2D eigenvalue weighted by Crippen LogP contribution is -2.33. The minimum absolute atomic E-state index is 0.200. The molecule has 1 aliphatic carbocycles. The van der Waals surface area contributed by atoms with Gasteiger partial charge in [0, 0.05) is 24.0 Å². The summed E-state index contributed by atoms with van der Waals surface area (Å²) in [5.74, 6) is -0.767. The van der Waals surface area contributed by atoms with Gasteiger partial charge >= 0.3 is 5.97 Å². The van der Waals surface area contributed by atoms with Crippen molar-refractivity contribution in [3.63, 3.8) is 0 Å². The molecule has 4 rings (SSSR count). The predicted molar refractivity (Wildman–Crippen MR) is 99.1 cm³/mol. The molecule has 26 heavy (non-hydrogen) atoms. The Morgan fingerprint density at radius 1 is 1.31 bits per heavy atom. The molecule has 2 heterocycles. The van der Waals surface area contributed by atoms with Crippen molar-refractivity contribution in [2.75, 3.05) is 0 Å². The van der Waals surface area contributed by atoms with Crippen molar-refractivity contribution in [3.05, 3.63) is 52.5 Å². The van der Waals surface area contributed by atoms with Crippen molar-refractivity contribution in [1.82, 2.24) is 15.1 Å². The van der Waals surface area contributed by atoms with E-state index in [1.807, 2.05) is 32.2 Å². The summed E-state index contributed by atoms with van der Waals surface area (Å²) < 4.78 is 7.37. The van der Waals surface area contributed by atoms with Gasteiger partial charge in [0.2, 0.25) is 6.10 Å². The first-order valence-corrected chi connectivity index (χ1v) is 9.34. The van der Waals surface area contributed by atoms with Crippen LogP contribution in [0.15, 0.2) is 36.4 Å². The molecular formula is C19H19N3O3S. The average Bonchev–Trinajstić information content (AvgIpc) is 3.25. The van der Waals surface area contributed by atoms with Crippen LogP contribution < -0.4 is 5.32 Å². The van der Waals surface area contributed by atoms with Crippen molar-refractivity contribution in [1.29, 1.82) is 0 Å². The van der Waals surface area contributed by atoms with Crippen molar-refractivity contribution in [2.45, 2.75) is 31.9 Å². The number of benzene rings is 1. The number of nitrogens with one attached hydrogen (secondary N) is 1. The van der Waals surface area contributed by atoms with Gasteiger partial charge in [-0.05, 0) is 25.8 Å². The largest absolute Gasteiger partial charge is 0.443 e. The van der Waals surface area contributed by atoms with E-state index in [2.05, 4.69) is 10.4 Å². The normalized spacial score (nSPS) is 15.0. The summed E-state index contributed by atoms with van der Waals surface area (Å²) in [4.78, 5) is 26.7. The number of thiophene rings is 1.